The fourth-order valence-electron chi connectivity index (χ4n) is 1.19. The first-order valence-corrected chi connectivity index (χ1v) is 5.61. The van der Waals surface area contributed by atoms with Crippen LogP contribution in [0.5, 0.6) is 0 Å². The SMILES string of the molecule is CC(C)(C)[C@H](N)C(=O)Nc1ccc(F)c(Cl)c1. The number of nitrogens with two attached hydrogens (primary N) is 1. The van der Waals surface area contributed by atoms with Crippen LogP contribution < -0.4 is 11.1 Å². The summed E-state index contributed by atoms with van der Waals surface area (Å²) >= 11 is 5.61. The highest BCUT2D eigenvalue weighted by Crippen LogP contribution is 2.22. The predicted molar refractivity (Wildman–Crippen MR) is 67.5 cm³/mol. The molecule has 0 unspecified atom stereocenters. The summed E-state index contributed by atoms with van der Waals surface area (Å²) in [7, 11) is 0. The zero-order chi connectivity index (χ0) is 13.2. The van der Waals surface area contributed by atoms with Gasteiger partial charge in [-0.05, 0) is 23.6 Å². The lowest BCUT2D eigenvalue weighted by molar-refractivity contribution is -0.119. The molecule has 0 bridgehead atoms. The predicted octanol–water partition coefficient (Wildman–Crippen LogP) is 2.79. The van der Waals surface area contributed by atoms with Crippen LogP contribution in [-0.4, -0.2) is 11.9 Å². The van der Waals surface area contributed by atoms with Crippen LogP contribution in [0.3, 0.4) is 0 Å². The number of benzene rings is 1. The van der Waals surface area contributed by atoms with Gasteiger partial charge >= 0.3 is 0 Å². The smallest absolute Gasteiger partial charge is 0.241 e. The van der Waals surface area contributed by atoms with Gasteiger partial charge in [-0.25, -0.2) is 4.39 Å². The van der Waals surface area contributed by atoms with Crippen molar-refractivity contribution in [1.82, 2.24) is 0 Å². The van der Waals surface area contributed by atoms with Crippen molar-refractivity contribution >= 4 is 23.2 Å². The van der Waals surface area contributed by atoms with Crippen LogP contribution in [0.25, 0.3) is 0 Å². The molecule has 1 rings (SSSR count). The zero-order valence-corrected chi connectivity index (χ0v) is 10.8. The van der Waals surface area contributed by atoms with Crippen molar-refractivity contribution in [3.63, 3.8) is 0 Å². The van der Waals surface area contributed by atoms with Gasteiger partial charge in [-0.2, -0.15) is 0 Å². The molecule has 0 spiro atoms. The molecule has 3 N–H and O–H groups in total. The van der Waals surface area contributed by atoms with E-state index in [0.717, 1.165) is 0 Å². The molecule has 0 aromatic heterocycles. The molecule has 1 aromatic rings. The summed E-state index contributed by atoms with van der Waals surface area (Å²) < 4.78 is 12.9. The summed E-state index contributed by atoms with van der Waals surface area (Å²) in [4.78, 5) is 11.8. The molecule has 0 fully saturated rings. The molecule has 17 heavy (non-hydrogen) atoms. The van der Waals surface area contributed by atoms with Gasteiger partial charge in [0, 0.05) is 5.69 Å². The highest BCUT2D eigenvalue weighted by atomic mass is 35.5. The van der Waals surface area contributed by atoms with Crippen molar-refractivity contribution in [2.24, 2.45) is 11.1 Å². The summed E-state index contributed by atoms with van der Waals surface area (Å²) in [6, 6.07) is 3.34. The maximum Gasteiger partial charge on any atom is 0.241 e. The van der Waals surface area contributed by atoms with Crippen LogP contribution in [0.1, 0.15) is 20.8 Å². The van der Waals surface area contributed by atoms with E-state index in [-0.39, 0.29) is 16.3 Å². The lowest BCUT2D eigenvalue weighted by atomic mass is 9.87. The maximum absolute atomic E-state index is 12.9. The van der Waals surface area contributed by atoms with Crippen LogP contribution in [0, 0.1) is 11.2 Å². The molecule has 1 amide bonds. The van der Waals surface area contributed by atoms with E-state index in [1.54, 1.807) is 0 Å². The number of amides is 1. The van der Waals surface area contributed by atoms with E-state index in [9.17, 15) is 9.18 Å². The molecule has 0 aliphatic rings. The van der Waals surface area contributed by atoms with E-state index >= 15 is 0 Å². The molecule has 0 aliphatic carbocycles. The van der Waals surface area contributed by atoms with Crippen molar-refractivity contribution in [2.45, 2.75) is 26.8 Å². The monoisotopic (exact) mass is 258 g/mol. The fourth-order valence-corrected chi connectivity index (χ4v) is 1.37. The summed E-state index contributed by atoms with van der Waals surface area (Å²) in [5.74, 6) is -0.843. The molecular weight excluding hydrogens is 243 g/mol. The topological polar surface area (TPSA) is 55.1 Å². The fraction of sp³-hybridized carbons (Fsp3) is 0.417. The molecule has 0 saturated carbocycles. The molecule has 1 aromatic carbocycles. The largest absolute Gasteiger partial charge is 0.325 e. The van der Waals surface area contributed by atoms with E-state index in [1.807, 2.05) is 20.8 Å². The molecule has 0 saturated heterocycles. The summed E-state index contributed by atoms with van der Waals surface area (Å²) in [5.41, 5.74) is 5.88. The third-order valence-electron chi connectivity index (χ3n) is 2.40. The van der Waals surface area contributed by atoms with Crippen LogP contribution in [0.2, 0.25) is 5.02 Å². The lowest BCUT2D eigenvalue weighted by Crippen LogP contribution is -2.45. The van der Waals surface area contributed by atoms with Gasteiger partial charge in [-0.1, -0.05) is 32.4 Å². The third kappa shape index (κ3) is 3.68. The molecule has 94 valence electrons. The third-order valence-corrected chi connectivity index (χ3v) is 2.69. The summed E-state index contributed by atoms with van der Waals surface area (Å²) in [6.07, 6.45) is 0. The molecule has 0 aliphatic heterocycles. The van der Waals surface area contributed by atoms with Gasteiger partial charge in [0.25, 0.3) is 0 Å². The van der Waals surface area contributed by atoms with E-state index in [2.05, 4.69) is 5.32 Å². The number of halogens is 2. The first-order chi connectivity index (χ1) is 7.71. The van der Waals surface area contributed by atoms with Gasteiger partial charge in [0.1, 0.15) is 5.82 Å². The van der Waals surface area contributed by atoms with Crippen molar-refractivity contribution in [2.75, 3.05) is 5.32 Å². The van der Waals surface area contributed by atoms with E-state index in [1.165, 1.54) is 18.2 Å². The van der Waals surface area contributed by atoms with Crippen molar-refractivity contribution in [1.29, 1.82) is 0 Å². The number of anilines is 1. The Morgan fingerprint density at radius 3 is 2.53 bits per heavy atom. The number of hydrogen-bond donors (Lipinski definition) is 2. The molecule has 0 heterocycles. The number of carbonyl (C=O) groups is 1. The van der Waals surface area contributed by atoms with Crippen LogP contribution in [0.15, 0.2) is 18.2 Å². The molecule has 0 radical (unpaired) electrons. The lowest BCUT2D eigenvalue weighted by Gasteiger charge is -2.25. The van der Waals surface area contributed by atoms with E-state index in [4.69, 9.17) is 17.3 Å². The highest BCUT2D eigenvalue weighted by Gasteiger charge is 2.27. The zero-order valence-electron chi connectivity index (χ0n) is 10.1. The van der Waals surface area contributed by atoms with Gasteiger partial charge in [0.2, 0.25) is 5.91 Å². The standard InChI is InChI=1S/C12H16ClFN2O/c1-12(2,3)10(15)11(17)16-7-4-5-9(14)8(13)6-7/h4-6,10H,15H2,1-3H3,(H,16,17)/t10-/m1/s1. The van der Waals surface area contributed by atoms with Gasteiger partial charge < -0.3 is 11.1 Å². The van der Waals surface area contributed by atoms with Gasteiger partial charge in [0.15, 0.2) is 0 Å². The maximum atomic E-state index is 12.9. The Kier molecular flexibility index (Phi) is 4.11. The first-order valence-electron chi connectivity index (χ1n) is 5.23. The van der Waals surface area contributed by atoms with E-state index < -0.39 is 11.9 Å². The molecule has 1 atom stereocenters. The summed E-state index contributed by atoms with van der Waals surface area (Å²) in [6.45, 7) is 5.61. The van der Waals surface area contributed by atoms with Gasteiger partial charge in [0.05, 0.1) is 11.1 Å². The minimum Gasteiger partial charge on any atom is -0.325 e. The number of nitrogens with one attached hydrogen (secondary N) is 1. The van der Waals surface area contributed by atoms with Crippen LogP contribution >= 0.6 is 11.6 Å². The average molecular weight is 259 g/mol. The van der Waals surface area contributed by atoms with Crippen molar-refractivity contribution in [3.05, 3.63) is 29.0 Å². The Morgan fingerprint density at radius 2 is 2.06 bits per heavy atom. The second-order valence-corrected chi connectivity index (χ2v) is 5.37. The Bertz CT molecular complexity index is 429. The van der Waals surface area contributed by atoms with Crippen LogP contribution in [-0.2, 0) is 4.79 Å². The quantitative estimate of drug-likeness (QED) is 0.857. The van der Waals surface area contributed by atoms with Crippen molar-refractivity contribution in [3.8, 4) is 0 Å². The number of hydrogen-bond acceptors (Lipinski definition) is 2. The minimum atomic E-state index is -0.647. The van der Waals surface area contributed by atoms with E-state index in [0.29, 0.717) is 5.69 Å². The first kappa shape index (κ1) is 13.9. The minimum absolute atomic E-state index is 0.0351. The Morgan fingerprint density at radius 1 is 1.47 bits per heavy atom. The van der Waals surface area contributed by atoms with Crippen molar-refractivity contribution < 1.29 is 9.18 Å². The van der Waals surface area contributed by atoms with Gasteiger partial charge in [-0.3, -0.25) is 4.79 Å². The average Bonchev–Trinajstić information content (AvgIpc) is 2.21. The van der Waals surface area contributed by atoms with Crippen LogP contribution in [0.4, 0.5) is 10.1 Å². The molecule has 3 nitrogen and oxygen atoms in total. The van der Waals surface area contributed by atoms with Gasteiger partial charge in [-0.15, -0.1) is 0 Å². The molecular formula is C12H16ClFN2O. The Balaban J connectivity index is 2.78. The normalized spacial score (nSPS) is 13.3. The highest BCUT2D eigenvalue weighted by molar-refractivity contribution is 6.31. The second-order valence-electron chi connectivity index (χ2n) is 4.96. The number of carbonyl (C=O) groups excluding carboxylic acids is 1. The molecule has 5 heteroatoms. The Labute approximate surface area is 105 Å². The number of rotatable bonds is 2. The second kappa shape index (κ2) is 5.02. The Hall–Kier alpha value is -1.13. The summed E-state index contributed by atoms with van der Waals surface area (Å²) in [5, 5.41) is 2.57.